The van der Waals surface area contributed by atoms with Crippen LogP contribution in [0.3, 0.4) is 0 Å². The maximum atomic E-state index is 12.6. The molecule has 22 heavy (non-hydrogen) atoms. The Morgan fingerprint density at radius 3 is 2.68 bits per heavy atom. The van der Waals surface area contributed by atoms with Gasteiger partial charge in [0, 0.05) is 24.4 Å². The molecule has 1 aromatic carbocycles. The predicted molar refractivity (Wildman–Crippen MR) is 80.2 cm³/mol. The average molecular weight is 298 g/mol. The molecule has 1 aliphatic heterocycles. The predicted octanol–water partition coefficient (Wildman–Crippen LogP) is 1.14. The molecule has 0 saturated heterocycles. The van der Waals surface area contributed by atoms with Crippen molar-refractivity contribution in [1.82, 2.24) is 4.57 Å². The number of anilines is 1. The Hall–Kier alpha value is -2.89. The molecule has 112 valence electrons. The van der Waals surface area contributed by atoms with Crippen LogP contribution in [0, 0.1) is 0 Å². The van der Waals surface area contributed by atoms with Crippen molar-refractivity contribution in [1.29, 1.82) is 0 Å². The van der Waals surface area contributed by atoms with E-state index in [0.717, 1.165) is 16.6 Å². The molecule has 0 radical (unpaired) electrons. The highest BCUT2D eigenvalue weighted by atomic mass is 16.4. The fraction of sp³-hybridized carbons (Fsp3) is 0.188. The van der Waals surface area contributed by atoms with Crippen molar-refractivity contribution in [3.8, 4) is 0 Å². The number of carbonyl (C=O) groups excluding carboxylic acids is 1. The van der Waals surface area contributed by atoms with Crippen molar-refractivity contribution in [2.45, 2.75) is 13.0 Å². The van der Waals surface area contributed by atoms with Gasteiger partial charge < -0.3 is 14.6 Å². The van der Waals surface area contributed by atoms with Crippen molar-refractivity contribution in [2.24, 2.45) is 0 Å². The van der Waals surface area contributed by atoms with E-state index in [2.05, 4.69) is 0 Å². The van der Waals surface area contributed by atoms with Gasteiger partial charge in [0.15, 0.2) is 0 Å². The monoisotopic (exact) mass is 298 g/mol. The number of aliphatic carboxylic acids is 1. The Labute approximate surface area is 126 Å². The van der Waals surface area contributed by atoms with Gasteiger partial charge in [0.25, 0.3) is 11.5 Å². The molecule has 0 aliphatic carbocycles. The summed E-state index contributed by atoms with van der Waals surface area (Å²) in [5.74, 6) is -1.24. The summed E-state index contributed by atoms with van der Waals surface area (Å²) in [4.78, 5) is 36.6. The first-order chi connectivity index (χ1) is 10.6. The highest BCUT2D eigenvalue weighted by Crippen LogP contribution is 2.23. The lowest BCUT2D eigenvalue weighted by Crippen LogP contribution is -2.38. The van der Waals surface area contributed by atoms with Gasteiger partial charge in [-0.15, -0.1) is 0 Å². The number of hydrogen-bond donors (Lipinski definition) is 1. The Kier molecular flexibility index (Phi) is 3.50. The number of rotatable bonds is 3. The number of carboxylic acid groups (broad SMARTS) is 1. The molecular weight excluding hydrogens is 284 g/mol. The molecule has 2 heterocycles. The van der Waals surface area contributed by atoms with E-state index in [9.17, 15) is 14.4 Å². The van der Waals surface area contributed by atoms with Gasteiger partial charge in [-0.25, -0.2) is 0 Å². The second-order valence-corrected chi connectivity index (χ2v) is 5.11. The van der Waals surface area contributed by atoms with Gasteiger partial charge in [-0.1, -0.05) is 18.2 Å². The summed E-state index contributed by atoms with van der Waals surface area (Å²) < 4.78 is 1.09. The standard InChI is InChI=1S/C16H14N2O4/c19-14-6-5-12(9-17(14)10-15(20)21)18-8-7-11-3-1-2-4-13(11)16(18)22/h1-6,9H,7-8,10H2,(H,20,21). The number of hydrogen-bond acceptors (Lipinski definition) is 3. The van der Waals surface area contributed by atoms with Gasteiger partial charge in [0.2, 0.25) is 0 Å². The molecular formula is C16H14N2O4. The van der Waals surface area contributed by atoms with E-state index in [1.54, 1.807) is 17.0 Å². The van der Waals surface area contributed by atoms with Crippen LogP contribution in [0.25, 0.3) is 0 Å². The molecule has 1 N–H and O–H groups in total. The molecule has 2 aromatic rings. The summed E-state index contributed by atoms with van der Waals surface area (Å²) in [7, 11) is 0. The van der Waals surface area contributed by atoms with Gasteiger partial charge in [-0.3, -0.25) is 14.4 Å². The van der Waals surface area contributed by atoms with Crippen LogP contribution in [0.2, 0.25) is 0 Å². The molecule has 0 saturated carbocycles. The van der Waals surface area contributed by atoms with Gasteiger partial charge in [-0.05, 0) is 24.1 Å². The lowest BCUT2D eigenvalue weighted by Gasteiger charge is -2.28. The lowest BCUT2D eigenvalue weighted by atomic mass is 9.99. The van der Waals surface area contributed by atoms with Crippen LogP contribution in [0.15, 0.2) is 47.4 Å². The summed E-state index contributed by atoms with van der Waals surface area (Å²) >= 11 is 0. The Morgan fingerprint density at radius 1 is 1.14 bits per heavy atom. The molecule has 1 aliphatic rings. The van der Waals surface area contributed by atoms with Gasteiger partial charge in [-0.2, -0.15) is 0 Å². The maximum absolute atomic E-state index is 12.6. The number of benzene rings is 1. The van der Waals surface area contributed by atoms with E-state index < -0.39 is 18.1 Å². The number of fused-ring (bicyclic) bond motifs is 1. The molecule has 6 nitrogen and oxygen atoms in total. The van der Waals surface area contributed by atoms with Gasteiger partial charge >= 0.3 is 5.97 Å². The van der Waals surface area contributed by atoms with Crippen LogP contribution < -0.4 is 10.5 Å². The summed E-state index contributed by atoms with van der Waals surface area (Å²) in [5.41, 5.74) is 1.77. The minimum absolute atomic E-state index is 0.137. The zero-order chi connectivity index (χ0) is 15.7. The van der Waals surface area contributed by atoms with Crippen LogP contribution in [0.1, 0.15) is 15.9 Å². The molecule has 6 heteroatoms. The van der Waals surface area contributed by atoms with Crippen molar-refractivity contribution in [3.63, 3.8) is 0 Å². The first kappa shape index (κ1) is 14.1. The third-order valence-corrected chi connectivity index (χ3v) is 3.68. The number of carbonyl (C=O) groups is 2. The Bertz CT molecular complexity index is 810. The Balaban J connectivity index is 1.97. The van der Waals surface area contributed by atoms with E-state index in [-0.39, 0.29) is 5.91 Å². The topological polar surface area (TPSA) is 79.6 Å². The number of carboxylic acids is 1. The van der Waals surface area contributed by atoms with E-state index in [1.807, 2.05) is 18.2 Å². The molecule has 0 unspecified atom stereocenters. The SMILES string of the molecule is O=C(O)Cn1cc(N2CCc3ccccc3C2=O)ccc1=O. The molecule has 0 fully saturated rings. The number of nitrogens with zero attached hydrogens (tertiary/aromatic N) is 2. The minimum atomic E-state index is -1.10. The normalized spacial score (nSPS) is 13.8. The fourth-order valence-electron chi connectivity index (χ4n) is 2.62. The van der Waals surface area contributed by atoms with E-state index in [1.165, 1.54) is 12.3 Å². The zero-order valence-corrected chi connectivity index (χ0v) is 11.7. The minimum Gasteiger partial charge on any atom is -0.480 e. The van der Waals surface area contributed by atoms with Gasteiger partial charge in [0.1, 0.15) is 6.54 Å². The fourth-order valence-corrected chi connectivity index (χ4v) is 2.62. The van der Waals surface area contributed by atoms with Crippen molar-refractivity contribution >= 4 is 17.6 Å². The smallest absolute Gasteiger partial charge is 0.323 e. The van der Waals surface area contributed by atoms with Crippen LogP contribution in [-0.4, -0.2) is 28.1 Å². The maximum Gasteiger partial charge on any atom is 0.323 e. The van der Waals surface area contributed by atoms with Crippen molar-refractivity contribution < 1.29 is 14.7 Å². The quantitative estimate of drug-likeness (QED) is 0.921. The second-order valence-electron chi connectivity index (χ2n) is 5.11. The third kappa shape index (κ3) is 2.50. The first-order valence-corrected chi connectivity index (χ1v) is 6.88. The molecule has 1 aromatic heterocycles. The molecule has 0 atom stereocenters. The largest absolute Gasteiger partial charge is 0.480 e. The molecule has 3 rings (SSSR count). The van der Waals surface area contributed by atoms with Crippen LogP contribution in [0.5, 0.6) is 0 Å². The number of pyridine rings is 1. The summed E-state index contributed by atoms with van der Waals surface area (Å²) in [6.07, 6.45) is 2.14. The third-order valence-electron chi connectivity index (χ3n) is 3.68. The zero-order valence-electron chi connectivity index (χ0n) is 11.7. The van der Waals surface area contributed by atoms with E-state index >= 15 is 0 Å². The highest BCUT2D eigenvalue weighted by molar-refractivity contribution is 6.08. The van der Waals surface area contributed by atoms with Gasteiger partial charge in [0.05, 0.1) is 5.69 Å². The number of aromatic nitrogens is 1. The van der Waals surface area contributed by atoms with E-state index in [0.29, 0.717) is 17.8 Å². The number of amides is 1. The first-order valence-electron chi connectivity index (χ1n) is 6.88. The lowest BCUT2D eigenvalue weighted by molar-refractivity contribution is -0.137. The van der Waals surface area contributed by atoms with E-state index in [4.69, 9.17) is 5.11 Å². The summed E-state index contributed by atoms with van der Waals surface area (Å²) in [6, 6.07) is 10.2. The van der Waals surface area contributed by atoms with Crippen molar-refractivity contribution in [3.05, 3.63) is 64.1 Å². The Morgan fingerprint density at radius 2 is 1.91 bits per heavy atom. The van der Waals surface area contributed by atoms with Crippen molar-refractivity contribution in [2.75, 3.05) is 11.4 Å². The molecule has 0 spiro atoms. The summed E-state index contributed by atoms with van der Waals surface area (Å²) in [6.45, 7) is 0.0758. The van der Waals surface area contributed by atoms with Crippen LogP contribution in [0.4, 0.5) is 5.69 Å². The highest BCUT2D eigenvalue weighted by Gasteiger charge is 2.25. The van der Waals surface area contributed by atoms with Crippen LogP contribution in [-0.2, 0) is 17.8 Å². The summed E-state index contributed by atoms with van der Waals surface area (Å²) in [5, 5.41) is 8.83. The van der Waals surface area contributed by atoms with Crippen LogP contribution >= 0.6 is 0 Å². The average Bonchev–Trinajstić information content (AvgIpc) is 2.50. The molecule has 1 amide bonds. The second kappa shape index (κ2) is 5.48. The molecule has 0 bridgehead atoms.